The molecule has 0 aliphatic heterocycles. The third-order valence-corrected chi connectivity index (χ3v) is 2.69. The van der Waals surface area contributed by atoms with Gasteiger partial charge in [0.05, 0.1) is 6.10 Å². The first-order valence-corrected chi connectivity index (χ1v) is 5.64. The number of benzene rings is 1. The van der Waals surface area contributed by atoms with Crippen LogP contribution in [0.4, 0.5) is 0 Å². The third kappa shape index (κ3) is 3.17. The number of carbonyl (C=O) groups excluding carboxylic acids is 1. The summed E-state index contributed by atoms with van der Waals surface area (Å²) < 4.78 is 5.33. The van der Waals surface area contributed by atoms with Crippen molar-refractivity contribution in [1.82, 2.24) is 0 Å². The topological polar surface area (TPSA) is 26.3 Å². The van der Waals surface area contributed by atoms with Crippen LogP contribution in [0.1, 0.15) is 40.9 Å². The minimum Gasteiger partial charge on any atom is -0.371 e. The highest BCUT2D eigenvalue weighted by atomic mass is 16.5. The summed E-state index contributed by atoms with van der Waals surface area (Å²) in [6.07, 6.45) is 0.0933. The van der Waals surface area contributed by atoms with Crippen LogP contribution in [0.15, 0.2) is 12.1 Å². The second-order valence-corrected chi connectivity index (χ2v) is 4.53. The lowest BCUT2D eigenvalue weighted by molar-refractivity contribution is 0.0584. The summed E-state index contributed by atoms with van der Waals surface area (Å²) in [6, 6.07) is 4.01. The van der Waals surface area contributed by atoms with E-state index in [2.05, 4.69) is 13.0 Å². The summed E-state index contributed by atoms with van der Waals surface area (Å²) in [7, 11) is 0. The lowest BCUT2D eigenvalue weighted by atomic mass is 9.98. The molecule has 0 spiro atoms. The summed E-state index contributed by atoms with van der Waals surface area (Å²) in [5, 5.41) is 0. The van der Waals surface area contributed by atoms with Crippen LogP contribution < -0.4 is 0 Å². The molecule has 0 saturated heterocycles. The van der Waals surface area contributed by atoms with E-state index in [-0.39, 0.29) is 18.5 Å². The van der Waals surface area contributed by atoms with Gasteiger partial charge in [0.2, 0.25) is 0 Å². The van der Waals surface area contributed by atoms with Crippen LogP contribution in [0.3, 0.4) is 0 Å². The van der Waals surface area contributed by atoms with Crippen LogP contribution in [0.25, 0.3) is 0 Å². The molecule has 1 aromatic carbocycles. The smallest absolute Gasteiger partial charge is 0.188 e. The minimum absolute atomic E-state index is 0.0642. The molecule has 1 aromatic rings. The van der Waals surface area contributed by atoms with Gasteiger partial charge in [-0.25, -0.2) is 0 Å². The van der Waals surface area contributed by atoms with Crippen molar-refractivity contribution in [2.45, 2.75) is 40.7 Å². The molecule has 2 nitrogen and oxygen atoms in total. The summed E-state index contributed by atoms with van der Waals surface area (Å²) in [5.41, 5.74) is 4.18. The largest absolute Gasteiger partial charge is 0.371 e. The molecule has 0 atom stereocenters. The fraction of sp³-hybridized carbons (Fsp3) is 0.500. The maximum absolute atomic E-state index is 11.9. The lowest BCUT2D eigenvalue weighted by Crippen LogP contribution is -2.14. The number of ether oxygens (including phenoxy) is 1. The molecule has 0 unspecified atom stereocenters. The van der Waals surface area contributed by atoms with Crippen LogP contribution in [0.5, 0.6) is 0 Å². The Bertz CT molecular complexity index is 392. The summed E-state index contributed by atoms with van der Waals surface area (Å²) >= 11 is 0. The number of hydrogen-bond acceptors (Lipinski definition) is 2. The quantitative estimate of drug-likeness (QED) is 0.728. The Hall–Kier alpha value is -1.15. The Kier molecular flexibility index (Phi) is 4.25. The van der Waals surface area contributed by atoms with E-state index >= 15 is 0 Å². The number of ketones is 1. The number of carbonyl (C=O) groups is 1. The Balaban J connectivity index is 2.87. The highest BCUT2D eigenvalue weighted by Gasteiger charge is 2.11. The fourth-order valence-corrected chi connectivity index (χ4v) is 1.58. The van der Waals surface area contributed by atoms with E-state index in [1.54, 1.807) is 0 Å². The van der Waals surface area contributed by atoms with Gasteiger partial charge >= 0.3 is 0 Å². The van der Waals surface area contributed by atoms with Gasteiger partial charge in [-0.05, 0) is 57.4 Å². The van der Waals surface area contributed by atoms with Gasteiger partial charge in [0.1, 0.15) is 6.61 Å². The Morgan fingerprint density at radius 1 is 1.12 bits per heavy atom. The van der Waals surface area contributed by atoms with Crippen molar-refractivity contribution in [3.63, 3.8) is 0 Å². The molecule has 2 heteroatoms. The Labute approximate surface area is 97.6 Å². The zero-order chi connectivity index (χ0) is 12.3. The van der Waals surface area contributed by atoms with E-state index in [9.17, 15) is 4.79 Å². The van der Waals surface area contributed by atoms with Crippen molar-refractivity contribution in [1.29, 1.82) is 0 Å². The van der Waals surface area contributed by atoms with E-state index in [1.165, 1.54) is 5.56 Å². The molecule has 88 valence electrons. The Morgan fingerprint density at radius 3 is 2.25 bits per heavy atom. The van der Waals surface area contributed by atoms with Crippen molar-refractivity contribution in [3.8, 4) is 0 Å². The summed E-state index contributed by atoms with van der Waals surface area (Å²) in [4.78, 5) is 11.9. The fourth-order valence-electron chi connectivity index (χ4n) is 1.58. The van der Waals surface area contributed by atoms with Crippen molar-refractivity contribution >= 4 is 5.78 Å². The van der Waals surface area contributed by atoms with Crippen LogP contribution in [0, 0.1) is 20.8 Å². The van der Waals surface area contributed by atoms with E-state index in [1.807, 2.05) is 33.8 Å². The molecular formula is C14H20O2. The predicted octanol–water partition coefficient (Wildman–Crippen LogP) is 3.22. The predicted molar refractivity (Wildman–Crippen MR) is 66.1 cm³/mol. The first-order valence-electron chi connectivity index (χ1n) is 5.64. The van der Waals surface area contributed by atoms with E-state index < -0.39 is 0 Å². The van der Waals surface area contributed by atoms with Crippen molar-refractivity contribution in [3.05, 3.63) is 34.4 Å². The van der Waals surface area contributed by atoms with Gasteiger partial charge < -0.3 is 4.74 Å². The van der Waals surface area contributed by atoms with Crippen molar-refractivity contribution in [2.24, 2.45) is 0 Å². The first-order chi connectivity index (χ1) is 7.41. The number of rotatable bonds is 4. The SMILES string of the molecule is Cc1cc(C)c(C(=O)COC(C)C)cc1C. The average molecular weight is 220 g/mol. The maximum atomic E-state index is 11.9. The van der Waals surface area contributed by atoms with Gasteiger partial charge in [-0.15, -0.1) is 0 Å². The normalized spacial score (nSPS) is 10.9. The van der Waals surface area contributed by atoms with Gasteiger partial charge in [-0.1, -0.05) is 6.07 Å². The van der Waals surface area contributed by atoms with Gasteiger partial charge in [-0.3, -0.25) is 4.79 Å². The monoisotopic (exact) mass is 220 g/mol. The molecule has 0 aliphatic carbocycles. The van der Waals surface area contributed by atoms with Crippen molar-refractivity contribution < 1.29 is 9.53 Å². The molecule has 1 rings (SSSR count). The van der Waals surface area contributed by atoms with Crippen LogP contribution in [-0.4, -0.2) is 18.5 Å². The van der Waals surface area contributed by atoms with Gasteiger partial charge in [0.25, 0.3) is 0 Å². The van der Waals surface area contributed by atoms with Gasteiger partial charge in [0.15, 0.2) is 5.78 Å². The minimum atomic E-state index is 0.0642. The number of hydrogen-bond donors (Lipinski definition) is 0. The lowest BCUT2D eigenvalue weighted by Gasteiger charge is -2.10. The van der Waals surface area contributed by atoms with Crippen LogP contribution in [0.2, 0.25) is 0 Å². The number of aryl methyl sites for hydroxylation is 3. The van der Waals surface area contributed by atoms with E-state index in [0.717, 1.165) is 16.7 Å². The van der Waals surface area contributed by atoms with E-state index in [4.69, 9.17) is 4.74 Å². The first kappa shape index (κ1) is 12.9. The second-order valence-electron chi connectivity index (χ2n) is 4.53. The summed E-state index contributed by atoms with van der Waals surface area (Å²) in [5.74, 6) is 0.0642. The second kappa shape index (κ2) is 5.26. The van der Waals surface area contributed by atoms with Gasteiger partial charge in [0, 0.05) is 5.56 Å². The molecular weight excluding hydrogens is 200 g/mol. The highest BCUT2D eigenvalue weighted by molar-refractivity contribution is 5.98. The molecule has 0 heterocycles. The van der Waals surface area contributed by atoms with Crippen LogP contribution >= 0.6 is 0 Å². The zero-order valence-electron chi connectivity index (χ0n) is 10.8. The van der Waals surface area contributed by atoms with E-state index in [0.29, 0.717) is 0 Å². The highest BCUT2D eigenvalue weighted by Crippen LogP contribution is 2.16. The number of Topliss-reactive ketones (excluding diaryl/α,β-unsaturated/α-hetero) is 1. The van der Waals surface area contributed by atoms with Gasteiger partial charge in [-0.2, -0.15) is 0 Å². The maximum Gasteiger partial charge on any atom is 0.188 e. The molecule has 16 heavy (non-hydrogen) atoms. The molecule has 0 aliphatic rings. The molecule has 0 amide bonds. The molecule has 0 saturated carbocycles. The average Bonchev–Trinajstić information content (AvgIpc) is 2.20. The Morgan fingerprint density at radius 2 is 1.69 bits per heavy atom. The molecule has 0 aromatic heterocycles. The standard InChI is InChI=1S/C14H20O2/c1-9(2)16-8-14(15)13-7-11(4)10(3)6-12(13)5/h6-7,9H,8H2,1-5H3. The molecule has 0 N–H and O–H groups in total. The molecule has 0 fully saturated rings. The molecule has 0 bridgehead atoms. The van der Waals surface area contributed by atoms with Crippen LogP contribution in [-0.2, 0) is 4.74 Å². The molecule has 0 radical (unpaired) electrons. The van der Waals surface area contributed by atoms with Crippen molar-refractivity contribution in [2.75, 3.05) is 6.61 Å². The zero-order valence-corrected chi connectivity index (χ0v) is 10.8. The third-order valence-electron chi connectivity index (χ3n) is 2.69. The summed E-state index contributed by atoms with van der Waals surface area (Å²) in [6.45, 7) is 10.1.